The van der Waals surface area contributed by atoms with E-state index in [0.29, 0.717) is 0 Å². The number of hydrogen-bond donors (Lipinski definition) is 1. The molecule has 0 amide bonds. The fourth-order valence-corrected chi connectivity index (χ4v) is 1.39. The maximum Gasteiger partial charge on any atom is 0.0960 e. The standard InChI is InChI=1S/C8H12N2S/c1-7(9)6-11-8-4-2-3-5-10-8/h2-5,7H,6,9H2,1H3. The van der Waals surface area contributed by atoms with Crippen LogP contribution >= 0.6 is 11.8 Å². The molecule has 1 aromatic heterocycles. The number of pyridine rings is 1. The lowest BCUT2D eigenvalue weighted by atomic mass is 10.4. The molecule has 60 valence electrons. The maximum absolute atomic E-state index is 5.59. The van der Waals surface area contributed by atoms with Gasteiger partial charge in [-0.25, -0.2) is 4.98 Å². The van der Waals surface area contributed by atoms with Crippen molar-refractivity contribution in [2.24, 2.45) is 5.73 Å². The number of aromatic nitrogens is 1. The summed E-state index contributed by atoms with van der Waals surface area (Å²) in [5.41, 5.74) is 5.59. The van der Waals surface area contributed by atoms with Gasteiger partial charge in [0.25, 0.3) is 0 Å². The van der Waals surface area contributed by atoms with Gasteiger partial charge in [-0.05, 0) is 19.1 Å². The van der Waals surface area contributed by atoms with Crippen molar-refractivity contribution in [3.63, 3.8) is 0 Å². The lowest BCUT2D eigenvalue weighted by Gasteiger charge is -2.02. The smallest absolute Gasteiger partial charge is 0.0960 e. The molecule has 0 bridgehead atoms. The molecule has 2 nitrogen and oxygen atoms in total. The van der Waals surface area contributed by atoms with Crippen LogP contribution in [0.2, 0.25) is 0 Å². The Balaban J connectivity index is 2.39. The lowest BCUT2D eigenvalue weighted by molar-refractivity contribution is 0.846. The van der Waals surface area contributed by atoms with E-state index in [9.17, 15) is 0 Å². The summed E-state index contributed by atoms with van der Waals surface area (Å²) in [6, 6.07) is 6.13. The van der Waals surface area contributed by atoms with Crippen LogP contribution in [0.5, 0.6) is 0 Å². The van der Waals surface area contributed by atoms with Crippen molar-refractivity contribution in [2.45, 2.75) is 18.0 Å². The van der Waals surface area contributed by atoms with Crippen LogP contribution < -0.4 is 5.73 Å². The maximum atomic E-state index is 5.59. The Bertz CT molecular complexity index is 199. The Morgan fingerprint density at radius 1 is 1.64 bits per heavy atom. The molecule has 0 aromatic carbocycles. The van der Waals surface area contributed by atoms with Crippen molar-refractivity contribution in [3.8, 4) is 0 Å². The van der Waals surface area contributed by atoms with Gasteiger partial charge in [0, 0.05) is 18.0 Å². The Labute approximate surface area is 71.2 Å². The van der Waals surface area contributed by atoms with Crippen molar-refractivity contribution < 1.29 is 0 Å². The summed E-state index contributed by atoms with van der Waals surface area (Å²) in [4.78, 5) is 4.16. The second kappa shape index (κ2) is 4.36. The molecular formula is C8H12N2S. The molecule has 1 rings (SSSR count). The monoisotopic (exact) mass is 168 g/mol. The third-order valence-corrected chi connectivity index (χ3v) is 2.36. The Morgan fingerprint density at radius 2 is 2.45 bits per heavy atom. The van der Waals surface area contributed by atoms with Crippen LogP contribution in [0, 0.1) is 0 Å². The zero-order chi connectivity index (χ0) is 8.10. The van der Waals surface area contributed by atoms with Crippen LogP contribution in [0.4, 0.5) is 0 Å². The van der Waals surface area contributed by atoms with E-state index < -0.39 is 0 Å². The van der Waals surface area contributed by atoms with E-state index in [4.69, 9.17) is 5.73 Å². The first-order chi connectivity index (χ1) is 5.29. The van der Waals surface area contributed by atoms with E-state index in [1.807, 2.05) is 25.1 Å². The van der Waals surface area contributed by atoms with E-state index in [1.165, 1.54) is 0 Å². The van der Waals surface area contributed by atoms with Crippen LogP contribution in [0.3, 0.4) is 0 Å². The highest BCUT2D eigenvalue weighted by Gasteiger charge is 1.96. The minimum atomic E-state index is 0.238. The predicted molar refractivity (Wildman–Crippen MR) is 48.6 cm³/mol. The van der Waals surface area contributed by atoms with Crippen molar-refractivity contribution in [2.75, 3.05) is 5.75 Å². The first-order valence-corrected chi connectivity index (χ1v) is 4.57. The normalized spacial score (nSPS) is 12.9. The van der Waals surface area contributed by atoms with Crippen molar-refractivity contribution in [1.82, 2.24) is 4.98 Å². The first-order valence-electron chi connectivity index (χ1n) is 3.58. The summed E-state index contributed by atoms with van der Waals surface area (Å²) in [5, 5.41) is 1.05. The first kappa shape index (κ1) is 8.56. The number of nitrogens with two attached hydrogens (primary N) is 1. The molecule has 0 fully saturated rings. The van der Waals surface area contributed by atoms with Crippen LogP contribution in [-0.4, -0.2) is 16.8 Å². The van der Waals surface area contributed by atoms with Crippen LogP contribution in [-0.2, 0) is 0 Å². The summed E-state index contributed by atoms with van der Waals surface area (Å²) in [5.74, 6) is 0.928. The number of rotatable bonds is 3. The zero-order valence-corrected chi connectivity index (χ0v) is 7.34. The minimum absolute atomic E-state index is 0.238. The van der Waals surface area contributed by atoms with Gasteiger partial charge in [0.1, 0.15) is 0 Å². The molecule has 0 saturated carbocycles. The van der Waals surface area contributed by atoms with Gasteiger partial charge in [-0.3, -0.25) is 0 Å². The molecule has 0 aliphatic heterocycles. The summed E-state index contributed by atoms with van der Waals surface area (Å²) in [6.45, 7) is 2.00. The highest BCUT2D eigenvalue weighted by atomic mass is 32.2. The third-order valence-electron chi connectivity index (χ3n) is 1.13. The lowest BCUT2D eigenvalue weighted by Crippen LogP contribution is -2.17. The topological polar surface area (TPSA) is 38.9 Å². The Hall–Kier alpha value is -0.540. The highest BCUT2D eigenvalue weighted by molar-refractivity contribution is 7.99. The van der Waals surface area contributed by atoms with E-state index >= 15 is 0 Å². The second-order valence-electron chi connectivity index (χ2n) is 2.46. The van der Waals surface area contributed by atoms with Crippen molar-refractivity contribution >= 4 is 11.8 Å². The summed E-state index contributed by atoms with van der Waals surface area (Å²) >= 11 is 1.69. The molecule has 2 N–H and O–H groups in total. The molecule has 1 atom stereocenters. The molecular weight excluding hydrogens is 156 g/mol. The van der Waals surface area contributed by atoms with Gasteiger partial charge in [0.15, 0.2) is 0 Å². The minimum Gasteiger partial charge on any atom is -0.327 e. The largest absolute Gasteiger partial charge is 0.327 e. The average molecular weight is 168 g/mol. The molecule has 0 aliphatic rings. The van der Waals surface area contributed by atoms with Gasteiger partial charge in [-0.1, -0.05) is 6.07 Å². The second-order valence-corrected chi connectivity index (χ2v) is 3.50. The number of nitrogens with zero attached hydrogens (tertiary/aromatic N) is 1. The molecule has 1 heterocycles. The Kier molecular flexibility index (Phi) is 3.39. The summed E-state index contributed by atoms with van der Waals surface area (Å²) in [7, 11) is 0. The quantitative estimate of drug-likeness (QED) is 0.695. The fraction of sp³-hybridized carbons (Fsp3) is 0.375. The third kappa shape index (κ3) is 3.39. The van der Waals surface area contributed by atoms with Crippen LogP contribution in [0.15, 0.2) is 29.4 Å². The van der Waals surface area contributed by atoms with Gasteiger partial charge < -0.3 is 5.73 Å². The van der Waals surface area contributed by atoms with E-state index in [0.717, 1.165) is 10.8 Å². The molecule has 0 radical (unpaired) electrons. The van der Waals surface area contributed by atoms with E-state index in [1.54, 1.807) is 18.0 Å². The SMILES string of the molecule is CC(N)CSc1ccccn1. The predicted octanol–water partition coefficient (Wildman–Crippen LogP) is 1.52. The molecule has 0 spiro atoms. The molecule has 0 saturated heterocycles. The number of thioether (sulfide) groups is 1. The zero-order valence-electron chi connectivity index (χ0n) is 6.53. The highest BCUT2D eigenvalue weighted by Crippen LogP contribution is 2.13. The Morgan fingerprint density at radius 3 is 3.00 bits per heavy atom. The van der Waals surface area contributed by atoms with Crippen molar-refractivity contribution in [3.05, 3.63) is 24.4 Å². The summed E-state index contributed by atoms with van der Waals surface area (Å²) < 4.78 is 0. The number of hydrogen-bond acceptors (Lipinski definition) is 3. The molecule has 11 heavy (non-hydrogen) atoms. The molecule has 0 aliphatic carbocycles. The fourth-order valence-electron chi connectivity index (χ4n) is 0.649. The molecule has 3 heteroatoms. The van der Waals surface area contributed by atoms with Crippen molar-refractivity contribution in [1.29, 1.82) is 0 Å². The van der Waals surface area contributed by atoms with Gasteiger partial charge >= 0.3 is 0 Å². The summed E-state index contributed by atoms with van der Waals surface area (Å²) in [6.07, 6.45) is 1.80. The molecule has 1 aromatic rings. The van der Waals surface area contributed by atoms with E-state index in [-0.39, 0.29) is 6.04 Å². The van der Waals surface area contributed by atoms with Gasteiger partial charge in [0.05, 0.1) is 5.03 Å². The van der Waals surface area contributed by atoms with Gasteiger partial charge in [-0.2, -0.15) is 0 Å². The molecule has 1 unspecified atom stereocenters. The average Bonchev–Trinajstić information content (AvgIpc) is 2.03. The van der Waals surface area contributed by atoms with Gasteiger partial charge in [0.2, 0.25) is 0 Å². The van der Waals surface area contributed by atoms with Crippen LogP contribution in [0.1, 0.15) is 6.92 Å². The van der Waals surface area contributed by atoms with Crippen LogP contribution in [0.25, 0.3) is 0 Å². The van der Waals surface area contributed by atoms with E-state index in [2.05, 4.69) is 4.98 Å². The van der Waals surface area contributed by atoms with Gasteiger partial charge in [-0.15, -0.1) is 11.8 Å².